The van der Waals surface area contributed by atoms with Crippen molar-refractivity contribution in [1.82, 2.24) is 14.4 Å². The van der Waals surface area contributed by atoms with Crippen LogP contribution in [0.1, 0.15) is 68.6 Å². The fraction of sp³-hybridized carbons (Fsp3) is 0.615. The number of thioether (sulfide) groups is 1. The van der Waals surface area contributed by atoms with Gasteiger partial charge in [0.05, 0.1) is 4.91 Å². The van der Waals surface area contributed by atoms with Crippen LogP contribution in [-0.4, -0.2) is 63.9 Å². The summed E-state index contributed by atoms with van der Waals surface area (Å²) in [7, 11) is 2.10. The van der Waals surface area contributed by atoms with Crippen molar-refractivity contribution in [1.29, 1.82) is 5.26 Å². The third-order valence-corrected chi connectivity index (χ3v) is 8.75. The molecule has 0 unspecified atom stereocenters. The Bertz CT molecular complexity index is 1120. The Morgan fingerprint density at radius 3 is 2.46 bits per heavy atom. The molecule has 0 aromatic carbocycles. The van der Waals surface area contributed by atoms with E-state index in [1.165, 1.54) is 18.2 Å². The fourth-order valence-electron chi connectivity index (χ4n) is 5.29. The van der Waals surface area contributed by atoms with Gasteiger partial charge in [0, 0.05) is 44.3 Å². The molecule has 2 aliphatic heterocycles. The van der Waals surface area contributed by atoms with Crippen molar-refractivity contribution in [3.63, 3.8) is 0 Å². The summed E-state index contributed by atoms with van der Waals surface area (Å²) in [4.78, 5) is 33.9. The second-order valence-corrected chi connectivity index (χ2v) is 11.5. The van der Waals surface area contributed by atoms with E-state index in [-0.39, 0.29) is 23.1 Å². The summed E-state index contributed by atoms with van der Waals surface area (Å²) >= 11 is 7.00. The van der Waals surface area contributed by atoms with Crippen LogP contribution in [-0.2, 0) is 11.3 Å². The number of carbonyl (C=O) groups is 1. The monoisotopic (exact) mass is 513 g/mol. The predicted molar refractivity (Wildman–Crippen MR) is 147 cm³/mol. The Balaban J connectivity index is 1.83. The molecule has 7 nitrogen and oxygen atoms in total. The Labute approximate surface area is 217 Å². The number of unbranched alkanes of at least 4 members (excludes halogenated alkanes) is 1. The van der Waals surface area contributed by atoms with E-state index in [1.54, 1.807) is 4.57 Å². The number of nitrogens with zero attached hydrogens (tertiary/aromatic N) is 5. The summed E-state index contributed by atoms with van der Waals surface area (Å²) in [5.74, 6) is 0.788. The topological polar surface area (TPSA) is 72.6 Å². The van der Waals surface area contributed by atoms with Crippen molar-refractivity contribution < 1.29 is 4.79 Å². The minimum atomic E-state index is -0.237. The molecule has 0 atom stereocenters. The Hall–Kier alpha value is -2.15. The van der Waals surface area contributed by atoms with Gasteiger partial charge in [0.15, 0.2) is 0 Å². The number of piperazine rings is 1. The molecule has 1 saturated carbocycles. The molecule has 2 saturated heterocycles. The fourth-order valence-corrected chi connectivity index (χ4v) is 6.67. The van der Waals surface area contributed by atoms with E-state index in [0.29, 0.717) is 21.3 Å². The third-order valence-electron chi connectivity index (χ3n) is 7.42. The molecule has 0 spiro atoms. The Morgan fingerprint density at radius 2 is 1.83 bits per heavy atom. The zero-order chi connectivity index (χ0) is 25.1. The quantitative estimate of drug-likeness (QED) is 0.419. The van der Waals surface area contributed by atoms with Gasteiger partial charge in [-0.3, -0.25) is 19.1 Å². The molecule has 35 heavy (non-hydrogen) atoms. The van der Waals surface area contributed by atoms with Crippen LogP contribution in [0.25, 0.3) is 6.08 Å². The van der Waals surface area contributed by atoms with Gasteiger partial charge < -0.3 is 9.80 Å². The minimum Gasteiger partial charge on any atom is -0.355 e. The molecule has 3 aliphatic rings. The number of amides is 1. The number of pyridine rings is 1. The van der Waals surface area contributed by atoms with Crippen molar-refractivity contribution in [3.8, 4) is 6.07 Å². The average molecular weight is 514 g/mol. The number of rotatable bonds is 6. The summed E-state index contributed by atoms with van der Waals surface area (Å²) in [6.45, 7) is 7.84. The molecule has 1 aliphatic carbocycles. The number of nitriles is 1. The Kier molecular flexibility index (Phi) is 8.35. The first-order valence-corrected chi connectivity index (χ1v) is 14.0. The van der Waals surface area contributed by atoms with E-state index in [2.05, 4.69) is 29.8 Å². The largest absolute Gasteiger partial charge is 0.355 e. The number of aromatic nitrogens is 1. The summed E-state index contributed by atoms with van der Waals surface area (Å²) < 4.78 is 2.39. The molecule has 3 fully saturated rings. The smallest absolute Gasteiger partial charge is 0.270 e. The van der Waals surface area contributed by atoms with Crippen LogP contribution < -0.4 is 10.5 Å². The molecular formula is C26H35N5O2S2. The van der Waals surface area contributed by atoms with Crippen LogP contribution in [0.15, 0.2) is 9.70 Å². The van der Waals surface area contributed by atoms with Crippen LogP contribution >= 0.6 is 24.0 Å². The lowest BCUT2D eigenvalue weighted by atomic mass is 9.94. The van der Waals surface area contributed by atoms with Crippen LogP contribution in [0, 0.1) is 18.3 Å². The number of anilines is 1. The van der Waals surface area contributed by atoms with Gasteiger partial charge in [0.25, 0.3) is 11.5 Å². The maximum absolute atomic E-state index is 13.5. The van der Waals surface area contributed by atoms with Gasteiger partial charge in [-0.15, -0.1) is 0 Å². The highest BCUT2D eigenvalue weighted by atomic mass is 32.2. The van der Waals surface area contributed by atoms with E-state index in [4.69, 9.17) is 12.2 Å². The van der Waals surface area contributed by atoms with Gasteiger partial charge in [-0.05, 0) is 44.9 Å². The average Bonchev–Trinajstić information content (AvgIpc) is 3.14. The number of likely N-dealkylation sites (N-methyl/N-ethyl adjacent to an activating group) is 1. The van der Waals surface area contributed by atoms with Crippen molar-refractivity contribution >= 4 is 46.1 Å². The van der Waals surface area contributed by atoms with Crippen LogP contribution in [0.4, 0.5) is 5.82 Å². The standard InChI is InChI=1S/C26H35N5O2S2/c1-4-5-11-30-23(29-14-12-28(3)13-15-29)20(18(2)21(17-27)24(30)32)16-22-25(33)31(26(34)35-22)19-9-7-6-8-10-19/h16,19H,4-15H2,1-3H3/b22-16+. The van der Waals surface area contributed by atoms with Crippen molar-refractivity contribution in [3.05, 3.63) is 31.9 Å². The zero-order valence-corrected chi connectivity index (χ0v) is 22.6. The minimum absolute atomic E-state index is 0.0413. The van der Waals surface area contributed by atoms with Gasteiger partial charge in [0.2, 0.25) is 0 Å². The van der Waals surface area contributed by atoms with Crippen molar-refractivity contribution in [2.45, 2.75) is 71.4 Å². The molecule has 188 valence electrons. The van der Waals surface area contributed by atoms with E-state index in [1.807, 2.05) is 17.9 Å². The number of thiocarbonyl (C=S) groups is 1. The highest BCUT2D eigenvalue weighted by molar-refractivity contribution is 8.26. The highest BCUT2D eigenvalue weighted by Gasteiger charge is 2.38. The van der Waals surface area contributed by atoms with E-state index < -0.39 is 0 Å². The molecule has 3 heterocycles. The summed E-state index contributed by atoms with van der Waals surface area (Å²) in [5.41, 5.74) is 1.36. The molecule has 0 radical (unpaired) electrons. The normalized spacial score (nSPS) is 21.3. The molecular weight excluding hydrogens is 478 g/mol. The predicted octanol–water partition coefficient (Wildman–Crippen LogP) is 4.11. The second kappa shape index (κ2) is 11.3. The van der Waals surface area contributed by atoms with Gasteiger partial charge in [-0.1, -0.05) is 56.6 Å². The third kappa shape index (κ3) is 5.20. The first-order valence-electron chi connectivity index (χ1n) is 12.7. The maximum Gasteiger partial charge on any atom is 0.270 e. The summed E-state index contributed by atoms with van der Waals surface area (Å²) in [5, 5.41) is 9.87. The van der Waals surface area contributed by atoms with Gasteiger partial charge in [0.1, 0.15) is 21.8 Å². The van der Waals surface area contributed by atoms with Crippen LogP contribution in [0.2, 0.25) is 0 Å². The van der Waals surface area contributed by atoms with Crippen molar-refractivity contribution in [2.24, 2.45) is 0 Å². The maximum atomic E-state index is 13.5. The summed E-state index contributed by atoms with van der Waals surface area (Å²) in [6, 6.07) is 2.32. The number of hydrogen-bond acceptors (Lipinski definition) is 7. The van der Waals surface area contributed by atoms with Gasteiger partial charge in [-0.2, -0.15) is 5.26 Å². The number of carbonyl (C=O) groups excluding carboxylic acids is 1. The lowest BCUT2D eigenvalue weighted by Gasteiger charge is -2.36. The lowest BCUT2D eigenvalue weighted by Crippen LogP contribution is -2.47. The van der Waals surface area contributed by atoms with E-state index in [0.717, 1.165) is 76.1 Å². The molecule has 4 rings (SSSR count). The number of hydrogen-bond donors (Lipinski definition) is 0. The van der Waals surface area contributed by atoms with Crippen molar-refractivity contribution in [2.75, 3.05) is 38.1 Å². The first-order chi connectivity index (χ1) is 16.9. The molecule has 0 bridgehead atoms. The molecule has 1 aromatic heterocycles. The lowest BCUT2D eigenvalue weighted by molar-refractivity contribution is -0.124. The second-order valence-electron chi connectivity index (χ2n) is 9.79. The van der Waals surface area contributed by atoms with Crippen LogP contribution in [0.5, 0.6) is 0 Å². The summed E-state index contributed by atoms with van der Waals surface area (Å²) in [6.07, 6.45) is 9.14. The van der Waals surface area contributed by atoms with Gasteiger partial charge in [-0.25, -0.2) is 0 Å². The van der Waals surface area contributed by atoms with E-state index in [9.17, 15) is 14.9 Å². The molecule has 9 heteroatoms. The van der Waals surface area contributed by atoms with Gasteiger partial charge >= 0.3 is 0 Å². The molecule has 1 amide bonds. The zero-order valence-electron chi connectivity index (χ0n) is 21.0. The Morgan fingerprint density at radius 1 is 1.14 bits per heavy atom. The molecule has 0 N–H and O–H groups in total. The SMILES string of the molecule is CCCCn1c(N2CCN(C)CC2)c(/C=C2/SC(=S)N(C3CCCCC3)C2=O)c(C)c(C#N)c1=O. The van der Waals surface area contributed by atoms with Crippen LogP contribution in [0.3, 0.4) is 0 Å². The first kappa shape index (κ1) is 25.9. The highest BCUT2D eigenvalue weighted by Crippen LogP contribution is 2.39. The van der Waals surface area contributed by atoms with E-state index >= 15 is 0 Å². The molecule has 1 aromatic rings.